The number of nitrogens with zero attached hydrogens (tertiary/aromatic N) is 1. The zero-order chi connectivity index (χ0) is 40.5. The molecule has 0 unspecified atom stereocenters. The molecule has 0 saturated carbocycles. The van der Waals surface area contributed by atoms with Crippen LogP contribution in [0.2, 0.25) is 0 Å². The second kappa shape index (κ2) is 18.2. The van der Waals surface area contributed by atoms with Crippen molar-refractivity contribution in [2.45, 2.75) is 63.9 Å². The molecule has 21 nitrogen and oxygen atoms in total. The molecule has 1 aromatic carbocycles. The maximum atomic E-state index is 13.0. The molecule has 2 aliphatic rings. The van der Waals surface area contributed by atoms with E-state index in [1.165, 1.54) is 30.4 Å². The Hall–Kier alpha value is -5.26. The fourth-order valence-corrected chi connectivity index (χ4v) is 5.31. The van der Waals surface area contributed by atoms with Crippen LogP contribution in [-0.2, 0) is 53.2 Å². The molecule has 0 aromatic heterocycles. The summed E-state index contributed by atoms with van der Waals surface area (Å²) in [5, 5.41) is 46.7. The second-order valence-corrected chi connectivity index (χ2v) is 14.4. The number of carbonyl (C=O) groups is 7. The van der Waals surface area contributed by atoms with Gasteiger partial charge in [0.15, 0.2) is 6.10 Å². The van der Waals surface area contributed by atoms with Crippen molar-refractivity contribution < 1.29 is 81.2 Å². The molecular weight excluding hydrogens is 744 g/mol. The summed E-state index contributed by atoms with van der Waals surface area (Å²) >= 11 is 0. The predicted molar refractivity (Wildman–Crippen MR) is 181 cm³/mol. The summed E-state index contributed by atoms with van der Waals surface area (Å²) in [4.78, 5) is 85.8. The SMILES string of the molecule is CC(C)(C)C(=O)OC/C=C/c1ccc(O[C@@H]2O[C@H](C(=O)O)[C@@H](O)[C@H](O)[C@H]2O)c(NC(=O)CCNC(=O)[C@H](CS(=O)(=O)O)NC(=O)CN2C(=O)C=CC2=O)c1. The summed E-state index contributed by atoms with van der Waals surface area (Å²) in [5.41, 5.74) is -0.460. The first-order valence-electron chi connectivity index (χ1n) is 16.0. The van der Waals surface area contributed by atoms with E-state index in [4.69, 9.17) is 14.2 Å². The van der Waals surface area contributed by atoms with E-state index in [0.717, 1.165) is 12.2 Å². The minimum atomic E-state index is -4.85. The molecule has 8 N–H and O–H groups in total. The first-order valence-corrected chi connectivity index (χ1v) is 17.6. The Balaban J connectivity index is 1.73. The van der Waals surface area contributed by atoms with Gasteiger partial charge in [0.05, 0.1) is 11.1 Å². The zero-order valence-electron chi connectivity index (χ0n) is 29.0. The average Bonchev–Trinajstić information content (AvgIpc) is 3.38. The zero-order valence-corrected chi connectivity index (χ0v) is 29.8. The molecule has 2 heterocycles. The number of carboxylic acids is 1. The Morgan fingerprint density at radius 1 is 1.00 bits per heavy atom. The fourth-order valence-electron chi connectivity index (χ4n) is 4.65. The number of hydrogen-bond acceptors (Lipinski definition) is 15. The molecule has 1 saturated heterocycles. The molecule has 2 aliphatic heterocycles. The van der Waals surface area contributed by atoms with Crippen LogP contribution >= 0.6 is 0 Å². The molecular formula is C32H40N4O17S. The van der Waals surface area contributed by atoms with Crippen molar-refractivity contribution >= 4 is 63.4 Å². The number of carbonyl (C=O) groups excluding carboxylic acids is 6. The van der Waals surface area contributed by atoms with E-state index in [0.29, 0.717) is 10.5 Å². The van der Waals surface area contributed by atoms with Crippen molar-refractivity contribution in [3.63, 3.8) is 0 Å². The summed E-state index contributed by atoms with van der Waals surface area (Å²) in [6.07, 6.45) is -5.51. The van der Waals surface area contributed by atoms with Gasteiger partial charge in [-0.2, -0.15) is 8.42 Å². The standard InChI is InChI=1S/C32H40N4O17S/c1-32(2,3)31(47)51-12-4-5-16-6-7-19(52-30-26(43)24(41)25(42)27(53-30)29(45)46)17(13-16)34-20(37)10-11-33-28(44)18(15-54(48,49)50)35-21(38)14-36-22(39)8-9-23(36)40/h4-9,13,18,24-27,30,41-43H,10-12,14-15H2,1-3H3,(H,33,44)(H,34,37)(H,35,38)(H,45,46)(H,48,49,50)/b5-4+/t18-,24-,25-,26+,27-,30+/m0/s1. The molecule has 54 heavy (non-hydrogen) atoms. The smallest absolute Gasteiger partial charge is 0.335 e. The van der Waals surface area contributed by atoms with Gasteiger partial charge >= 0.3 is 11.9 Å². The Kier molecular flexibility index (Phi) is 14.5. The molecule has 0 spiro atoms. The van der Waals surface area contributed by atoms with Crippen molar-refractivity contribution in [1.82, 2.24) is 15.5 Å². The topological polar surface area (TPSA) is 322 Å². The highest BCUT2D eigenvalue weighted by Crippen LogP contribution is 2.31. The number of anilines is 1. The quantitative estimate of drug-likeness (QED) is 0.0480. The number of benzene rings is 1. The Morgan fingerprint density at radius 2 is 1.65 bits per heavy atom. The first kappa shape index (κ1) is 43.1. The van der Waals surface area contributed by atoms with Gasteiger partial charge in [-0.1, -0.05) is 12.1 Å². The number of rotatable bonds is 16. The molecule has 22 heteroatoms. The third-order valence-electron chi connectivity index (χ3n) is 7.45. The van der Waals surface area contributed by atoms with Gasteiger partial charge in [-0.15, -0.1) is 0 Å². The summed E-state index contributed by atoms with van der Waals surface area (Å²) < 4.78 is 48.3. The molecule has 5 amide bonds. The van der Waals surface area contributed by atoms with E-state index in [1.54, 1.807) is 20.8 Å². The summed E-state index contributed by atoms with van der Waals surface area (Å²) in [6, 6.07) is 2.18. The number of amides is 5. The lowest BCUT2D eigenvalue weighted by Crippen LogP contribution is -2.61. The number of carboxylic acid groups (broad SMARTS) is 1. The van der Waals surface area contributed by atoms with E-state index in [-0.39, 0.29) is 18.0 Å². The predicted octanol–water partition coefficient (Wildman–Crippen LogP) is -2.70. The number of aliphatic hydroxyl groups is 3. The number of hydrogen-bond donors (Lipinski definition) is 8. The van der Waals surface area contributed by atoms with Crippen molar-refractivity contribution in [2.24, 2.45) is 5.41 Å². The minimum Gasteiger partial charge on any atom is -0.479 e. The maximum Gasteiger partial charge on any atom is 0.335 e. The van der Waals surface area contributed by atoms with Crippen LogP contribution in [0.3, 0.4) is 0 Å². The van der Waals surface area contributed by atoms with Gasteiger partial charge in [0.1, 0.15) is 49.0 Å². The van der Waals surface area contributed by atoms with Gasteiger partial charge in [0, 0.05) is 25.1 Å². The molecule has 1 fully saturated rings. The Labute approximate surface area is 307 Å². The first-order chi connectivity index (χ1) is 25.1. The van der Waals surface area contributed by atoms with Gasteiger partial charge in [-0.25, -0.2) is 4.79 Å². The van der Waals surface area contributed by atoms with E-state index in [1.807, 2.05) is 5.32 Å². The largest absolute Gasteiger partial charge is 0.479 e. The van der Waals surface area contributed by atoms with Crippen LogP contribution in [0.25, 0.3) is 6.08 Å². The van der Waals surface area contributed by atoms with Crippen molar-refractivity contribution in [1.29, 1.82) is 0 Å². The highest BCUT2D eigenvalue weighted by molar-refractivity contribution is 7.85. The number of imide groups is 1. The van der Waals surface area contributed by atoms with E-state index >= 15 is 0 Å². The van der Waals surface area contributed by atoms with Crippen LogP contribution in [0.15, 0.2) is 36.4 Å². The number of nitrogens with one attached hydrogen (secondary N) is 3. The number of aliphatic carboxylic acids is 1. The molecule has 3 rings (SSSR count). The van der Waals surface area contributed by atoms with Gasteiger partial charge in [0.25, 0.3) is 21.9 Å². The van der Waals surface area contributed by atoms with Crippen molar-refractivity contribution in [3.8, 4) is 5.75 Å². The molecule has 6 atom stereocenters. The number of aliphatic hydroxyl groups excluding tert-OH is 3. The average molecular weight is 785 g/mol. The van der Waals surface area contributed by atoms with Gasteiger partial charge in [-0.3, -0.25) is 38.2 Å². The second-order valence-electron chi connectivity index (χ2n) is 12.9. The molecule has 0 aliphatic carbocycles. The number of ether oxygens (including phenoxy) is 3. The maximum absolute atomic E-state index is 13.0. The van der Waals surface area contributed by atoms with Crippen LogP contribution in [-0.4, -0.2) is 142 Å². The highest BCUT2D eigenvalue weighted by atomic mass is 32.2. The van der Waals surface area contributed by atoms with Crippen LogP contribution < -0.4 is 20.7 Å². The van der Waals surface area contributed by atoms with Crippen LogP contribution in [0.4, 0.5) is 5.69 Å². The number of esters is 1. The third kappa shape index (κ3) is 12.4. The van der Waals surface area contributed by atoms with Gasteiger partial charge < -0.3 is 50.6 Å². The van der Waals surface area contributed by atoms with Crippen LogP contribution in [0.1, 0.15) is 32.8 Å². The van der Waals surface area contributed by atoms with E-state index in [9.17, 15) is 67.0 Å². The lowest BCUT2D eigenvalue weighted by molar-refractivity contribution is -0.271. The van der Waals surface area contributed by atoms with Crippen molar-refractivity contribution in [3.05, 3.63) is 42.0 Å². The lowest BCUT2D eigenvalue weighted by atomic mass is 9.97. The summed E-state index contributed by atoms with van der Waals surface area (Å²) in [5.74, 6) is -8.37. The van der Waals surface area contributed by atoms with E-state index < -0.39 is 119 Å². The van der Waals surface area contributed by atoms with Gasteiger partial charge in [0.2, 0.25) is 24.0 Å². The fraction of sp³-hybridized carbons (Fsp3) is 0.469. The highest BCUT2D eigenvalue weighted by Gasteiger charge is 2.48. The van der Waals surface area contributed by atoms with Crippen molar-refractivity contribution in [2.75, 3.05) is 30.8 Å². The monoisotopic (exact) mass is 784 g/mol. The summed E-state index contributed by atoms with van der Waals surface area (Å²) in [7, 11) is -4.85. The minimum absolute atomic E-state index is 0.111. The molecule has 0 radical (unpaired) electrons. The summed E-state index contributed by atoms with van der Waals surface area (Å²) in [6.45, 7) is 3.56. The van der Waals surface area contributed by atoms with Crippen LogP contribution in [0.5, 0.6) is 5.75 Å². The lowest BCUT2D eigenvalue weighted by Gasteiger charge is -2.38. The normalized spacial score (nSPS) is 22.1. The van der Waals surface area contributed by atoms with Crippen LogP contribution in [0, 0.1) is 5.41 Å². The van der Waals surface area contributed by atoms with E-state index in [2.05, 4.69) is 10.6 Å². The molecule has 0 bridgehead atoms. The Morgan fingerprint density at radius 3 is 2.24 bits per heavy atom. The molecule has 296 valence electrons. The third-order valence-corrected chi connectivity index (χ3v) is 8.20. The van der Waals surface area contributed by atoms with Gasteiger partial charge in [-0.05, 0) is 44.5 Å². The Bertz CT molecular complexity index is 1790. The molecule has 1 aromatic rings.